The predicted molar refractivity (Wildman–Crippen MR) is 150 cm³/mol. The molecule has 0 bridgehead atoms. The Kier molecular flexibility index (Phi) is 7.77. The first kappa shape index (κ1) is 27.7. The maximum absolute atomic E-state index is 13.6. The van der Waals surface area contributed by atoms with E-state index in [1.54, 1.807) is 17.9 Å². The number of amides is 1. The number of carbonyl (C=O) groups excluding carboxylic acids is 1. The van der Waals surface area contributed by atoms with Crippen LogP contribution in [0.15, 0.2) is 70.9 Å². The molecule has 2 heterocycles. The molecule has 208 valence electrons. The zero-order valence-electron chi connectivity index (χ0n) is 22.1. The molecular formula is C30H34BrFN2O5. The summed E-state index contributed by atoms with van der Waals surface area (Å²) in [4.78, 5) is 15.3. The van der Waals surface area contributed by atoms with Crippen molar-refractivity contribution in [3.8, 4) is 5.75 Å². The Morgan fingerprint density at radius 1 is 1.23 bits per heavy atom. The maximum atomic E-state index is 13.6. The van der Waals surface area contributed by atoms with Gasteiger partial charge < -0.3 is 25.0 Å². The topological polar surface area (TPSA) is 91.3 Å². The number of hydrogen-bond donors (Lipinski definition) is 3. The molecule has 2 aliphatic heterocycles. The van der Waals surface area contributed by atoms with E-state index in [0.717, 1.165) is 22.1 Å². The molecule has 7 nitrogen and oxygen atoms in total. The van der Waals surface area contributed by atoms with E-state index in [4.69, 9.17) is 9.47 Å². The average Bonchev–Trinajstić information content (AvgIpc) is 3.24. The normalized spacial score (nSPS) is 25.8. The number of anilines is 1. The Morgan fingerprint density at radius 2 is 1.97 bits per heavy atom. The summed E-state index contributed by atoms with van der Waals surface area (Å²) in [5.74, 6) is 1.11. The molecule has 3 N–H and O–H groups in total. The third-order valence-electron chi connectivity index (χ3n) is 8.06. The van der Waals surface area contributed by atoms with Gasteiger partial charge in [0, 0.05) is 34.5 Å². The molecule has 1 amide bonds. The van der Waals surface area contributed by atoms with Crippen molar-refractivity contribution in [2.45, 2.75) is 50.4 Å². The lowest BCUT2D eigenvalue weighted by Gasteiger charge is -2.49. The number of alkyl halides is 1. The highest BCUT2D eigenvalue weighted by molar-refractivity contribution is 9.10. The van der Waals surface area contributed by atoms with Crippen LogP contribution in [0.4, 0.5) is 14.9 Å². The van der Waals surface area contributed by atoms with Crippen LogP contribution in [0.1, 0.15) is 49.8 Å². The lowest BCUT2D eigenvalue weighted by atomic mass is 9.71. The first-order valence-electron chi connectivity index (χ1n) is 13.2. The number of carbonyl (C=O) groups is 1. The van der Waals surface area contributed by atoms with Crippen molar-refractivity contribution in [1.82, 2.24) is 4.90 Å². The lowest BCUT2D eigenvalue weighted by Crippen LogP contribution is -2.56. The van der Waals surface area contributed by atoms with Gasteiger partial charge in [0.05, 0.1) is 31.4 Å². The Balaban J connectivity index is 1.45. The molecule has 3 aliphatic rings. The number of piperidine rings is 1. The second-order valence-electron chi connectivity index (χ2n) is 11.1. The van der Waals surface area contributed by atoms with Crippen LogP contribution in [-0.2, 0) is 4.74 Å². The number of ether oxygens (including phenoxy) is 2. The molecule has 1 saturated heterocycles. The van der Waals surface area contributed by atoms with Gasteiger partial charge in [-0.1, -0.05) is 35.0 Å². The smallest absolute Gasteiger partial charge is 0.415 e. The molecule has 1 aliphatic carbocycles. The molecule has 0 aromatic heterocycles. The maximum Gasteiger partial charge on any atom is 0.415 e. The molecule has 0 radical (unpaired) electrons. The number of aliphatic hydroxyl groups is 2. The van der Waals surface area contributed by atoms with Gasteiger partial charge in [-0.05, 0) is 73.0 Å². The molecular weight excluding hydrogens is 567 g/mol. The second kappa shape index (κ2) is 10.9. The van der Waals surface area contributed by atoms with E-state index >= 15 is 0 Å². The summed E-state index contributed by atoms with van der Waals surface area (Å²) in [7, 11) is 0. The van der Waals surface area contributed by atoms with Gasteiger partial charge in [0.2, 0.25) is 0 Å². The standard InChI is InChI=1S/C30H34BrFN2O5/c1-29(16-35,17-36)18-38-22-8-3-19(4-9-22)27-30(2)25(24-15-20(31)5-12-26(24)33-30)13-14-34(27)28(37)39-23-10-6-21(32)7-11-23/h3-6,8-12,15,21,25,27,33,35-36H,7,13-14,16-18H2,1-2H3/t21?,25?,27?,30-/m1/s1. The minimum Gasteiger partial charge on any atom is -0.493 e. The number of nitrogens with one attached hydrogen (secondary N) is 1. The van der Waals surface area contributed by atoms with Crippen LogP contribution in [0.25, 0.3) is 0 Å². The van der Waals surface area contributed by atoms with Crippen molar-refractivity contribution in [1.29, 1.82) is 0 Å². The summed E-state index contributed by atoms with van der Waals surface area (Å²) in [5.41, 5.74) is 1.90. The van der Waals surface area contributed by atoms with Crippen LogP contribution in [-0.4, -0.2) is 59.3 Å². The van der Waals surface area contributed by atoms with Gasteiger partial charge in [0.1, 0.15) is 17.7 Å². The van der Waals surface area contributed by atoms with Crippen molar-refractivity contribution >= 4 is 27.7 Å². The quantitative estimate of drug-likeness (QED) is 0.369. The fourth-order valence-electron chi connectivity index (χ4n) is 5.75. The molecule has 5 rings (SSSR count). The highest BCUT2D eigenvalue weighted by Gasteiger charge is 2.54. The summed E-state index contributed by atoms with van der Waals surface area (Å²) >= 11 is 3.60. The third-order valence-corrected chi connectivity index (χ3v) is 8.55. The average molecular weight is 602 g/mol. The number of nitrogens with zero attached hydrogens (tertiary/aromatic N) is 1. The van der Waals surface area contributed by atoms with Gasteiger partial charge in [-0.2, -0.15) is 0 Å². The van der Waals surface area contributed by atoms with Crippen LogP contribution in [0.3, 0.4) is 0 Å². The minimum atomic E-state index is -1.07. The van der Waals surface area contributed by atoms with Crippen LogP contribution in [0.5, 0.6) is 5.75 Å². The molecule has 0 saturated carbocycles. The van der Waals surface area contributed by atoms with Gasteiger partial charge >= 0.3 is 6.09 Å². The summed E-state index contributed by atoms with van der Waals surface area (Å²) in [6.45, 7) is 4.15. The van der Waals surface area contributed by atoms with E-state index in [-0.39, 0.29) is 38.2 Å². The van der Waals surface area contributed by atoms with Gasteiger partial charge in [-0.15, -0.1) is 0 Å². The van der Waals surface area contributed by atoms with Crippen LogP contribution in [0.2, 0.25) is 0 Å². The monoisotopic (exact) mass is 600 g/mol. The predicted octanol–water partition coefficient (Wildman–Crippen LogP) is 5.85. The van der Waals surface area contributed by atoms with E-state index in [9.17, 15) is 19.4 Å². The van der Waals surface area contributed by atoms with E-state index in [1.165, 1.54) is 17.7 Å². The van der Waals surface area contributed by atoms with Gasteiger partial charge in [-0.25, -0.2) is 9.18 Å². The van der Waals surface area contributed by atoms with Crippen molar-refractivity contribution in [3.05, 3.63) is 82.1 Å². The van der Waals surface area contributed by atoms with E-state index in [2.05, 4.69) is 40.3 Å². The number of rotatable bonds is 7. The fourth-order valence-corrected chi connectivity index (χ4v) is 6.13. The Bertz CT molecular complexity index is 1280. The number of fused-ring (bicyclic) bond motifs is 3. The van der Waals surface area contributed by atoms with E-state index < -0.39 is 23.2 Å². The summed E-state index contributed by atoms with van der Waals surface area (Å²) in [6, 6.07) is 13.4. The molecule has 0 spiro atoms. The molecule has 2 aromatic carbocycles. The number of likely N-dealkylation sites (tertiary alicyclic amines) is 1. The van der Waals surface area contributed by atoms with Gasteiger partial charge in [-0.3, -0.25) is 4.90 Å². The molecule has 1 fully saturated rings. The first-order chi connectivity index (χ1) is 18.7. The van der Waals surface area contributed by atoms with Crippen molar-refractivity contribution in [2.75, 3.05) is 31.7 Å². The number of hydrogen-bond acceptors (Lipinski definition) is 6. The van der Waals surface area contributed by atoms with Gasteiger partial charge in [0.25, 0.3) is 0 Å². The van der Waals surface area contributed by atoms with Gasteiger partial charge in [0.15, 0.2) is 0 Å². The summed E-state index contributed by atoms with van der Waals surface area (Å²) in [6.07, 6.45) is 3.90. The molecule has 3 unspecified atom stereocenters. The lowest BCUT2D eigenvalue weighted by molar-refractivity contribution is 0.0287. The Labute approximate surface area is 236 Å². The van der Waals surface area contributed by atoms with E-state index in [1.807, 2.05) is 30.3 Å². The highest BCUT2D eigenvalue weighted by atomic mass is 79.9. The first-order valence-corrected chi connectivity index (χ1v) is 14.0. The Hall–Kier alpha value is -2.88. The summed E-state index contributed by atoms with van der Waals surface area (Å²) < 4.78 is 26.2. The minimum absolute atomic E-state index is 0.158. The fraction of sp³-hybridized carbons (Fsp3) is 0.433. The van der Waals surface area contributed by atoms with E-state index in [0.29, 0.717) is 18.1 Å². The molecule has 39 heavy (non-hydrogen) atoms. The van der Waals surface area contributed by atoms with Crippen LogP contribution in [0, 0.1) is 5.41 Å². The third kappa shape index (κ3) is 5.44. The molecule has 2 aromatic rings. The van der Waals surface area contributed by atoms with Crippen LogP contribution >= 0.6 is 15.9 Å². The SMILES string of the molecule is CC(CO)(CO)COc1ccc(C2N(C(=O)OC3=CCC(F)C=C3)CCC3c4cc(Br)ccc4N[C@]32C)cc1. The molecule has 9 heteroatoms. The van der Waals surface area contributed by atoms with Crippen molar-refractivity contribution in [3.63, 3.8) is 0 Å². The Morgan fingerprint density at radius 3 is 2.64 bits per heavy atom. The highest BCUT2D eigenvalue weighted by Crippen LogP contribution is 2.55. The zero-order valence-corrected chi connectivity index (χ0v) is 23.7. The number of halogens is 2. The second-order valence-corrected chi connectivity index (χ2v) is 12.1. The van der Waals surface area contributed by atoms with Crippen molar-refractivity contribution < 1.29 is 28.9 Å². The number of aliphatic hydroxyl groups excluding tert-OH is 2. The largest absolute Gasteiger partial charge is 0.493 e. The zero-order chi connectivity index (χ0) is 27.8. The number of benzene rings is 2. The van der Waals surface area contributed by atoms with Crippen molar-refractivity contribution in [2.24, 2.45) is 5.41 Å². The molecule has 4 atom stereocenters. The summed E-state index contributed by atoms with van der Waals surface area (Å²) in [5, 5.41) is 22.9. The van der Waals surface area contributed by atoms with Crippen LogP contribution < -0.4 is 10.1 Å². The number of allylic oxidation sites excluding steroid dienone is 3.